The number of benzene rings is 1. The second-order valence-corrected chi connectivity index (χ2v) is 5.26. The normalized spacial score (nSPS) is 25.4. The summed E-state index contributed by atoms with van der Waals surface area (Å²) < 4.78 is 0. The van der Waals surface area contributed by atoms with Gasteiger partial charge in [-0.15, -0.1) is 0 Å². The first-order chi connectivity index (χ1) is 7.90. The van der Waals surface area contributed by atoms with Crippen molar-refractivity contribution in [2.24, 2.45) is 5.92 Å². The van der Waals surface area contributed by atoms with Crippen LogP contribution in [0.15, 0.2) is 24.3 Å². The summed E-state index contributed by atoms with van der Waals surface area (Å²) in [5.41, 5.74) is 3.22. The van der Waals surface area contributed by atoms with E-state index in [2.05, 4.69) is 36.5 Å². The van der Waals surface area contributed by atoms with Crippen LogP contribution in [0.25, 0.3) is 0 Å². The second kappa shape index (κ2) is 4.21. The van der Waals surface area contributed by atoms with Crippen molar-refractivity contribution in [1.29, 1.82) is 0 Å². The van der Waals surface area contributed by atoms with Gasteiger partial charge in [0.1, 0.15) is 0 Å². The molecule has 0 radical (unpaired) electrons. The molecule has 1 fully saturated rings. The highest BCUT2D eigenvalue weighted by Gasteiger charge is 2.38. The van der Waals surface area contributed by atoms with Crippen LogP contribution in [0.1, 0.15) is 43.2 Å². The number of likely N-dealkylation sites (N-methyl/N-ethyl adjacent to an activating group) is 1. The molecule has 2 atom stereocenters. The van der Waals surface area contributed by atoms with Gasteiger partial charge in [-0.3, -0.25) is 0 Å². The quantitative estimate of drug-likeness (QED) is 0.813. The number of rotatable bonds is 4. The fourth-order valence-electron chi connectivity index (χ4n) is 3.29. The molecule has 0 aromatic heterocycles. The maximum absolute atomic E-state index is 3.73. The van der Waals surface area contributed by atoms with Crippen molar-refractivity contribution in [3.63, 3.8) is 0 Å². The van der Waals surface area contributed by atoms with Crippen molar-refractivity contribution in [2.75, 3.05) is 6.54 Å². The highest BCUT2D eigenvalue weighted by atomic mass is 14.9. The lowest BCUT2D eigenvalue weighted by Gasteiger charge is -2.25. The van der Waals surface area contributed by atoms with Crippen molar-refractivity contribution < 1.29 is 0 Å². The first-order valence-electron chi connectivity index (χ1n) is 6.71. The van der Waals surface area contributed by atoms with Crippen molar-refractivity contribution in [1.82, 2.24) is 5.32 Å². The van der Waals surface area contributed by atoms with Crippen LogP contribution in [-0.2, 0) is 6.42 Å². The molecule has 0 heterocycles. The number of hydrogen-bond acceptors (Lipinski definition) is 1. The Kier molecular flexibility index (Phi) is 2.72. The molecule has 2 aliphatic rings. The zero-order valence-corrected chi connectivity index (χ0v) is 10.1. The molecule has 0 amide bonds. The van der Waals surface area contributed by atoms with Gasteiger partial charge < -0.3 is 5.32 Å². The Morgan fingerprint density at radius 1 is 1.25 bits per heavy atom. The average Bonchev–Trinajstić information content (AvgIpc) is 3.06. The lowest BCUT2D eigenvalue weighted by atomic mass is 9.90. The standard InChI is InChI=1S/C15H21N/c1-2-16-15(12-7-8-12)14-10-9-11-5-3-4-6-13(11)14/h3-6,12,14-16H,2,7-10H2,1H3. The Labute approximate surface area is 98.3 Å². The van der Waals surface area contributed by atoms with E-state index < -0.39 is 0 Å². The van der Waals surface area contributed by atoms with E-state index in [1.807, 2.05) is 0 Å². The third-order valence-electron chi connectivity index (χ3n) is 4.18. The number of fused-ring (bicyclic) bond motifs is 1. The fourth-order valence-corrected chi connectivity index (χ4v) is 3.29. The van der Waals surface area contributed by atoms with E-state index in [4.69, 9.17) is 0 Å². The summed E-state index contributed by atoms with van der Waals surface area (Å²) in [5, 5.41) is 3.73. The molecule has 3 rings (SSSR count). The molecule has 2 aliphatic carbocycles. The van der Waals surface area contributed by atoms with E-state index in [1.54, 1.807) is 11.1 Å². The molecule has 1 N–H and O–H groups in total. The van der Waals surface area contributed by atoms with Crippen LogP contribution < -0.4 is 5.32 Å². The molecule has 0 saturated heterocycles. The number of nitrogens with one attached hydrogen (secondary N) is 1. The monoisotopic (exact) mass is 215 g/mol. The van der Waals surface area contributed by atoms with Crippen LogP contribution in [0.3, 0.4) is 0 Å². The van der Waals surface area contributed by atoms with Crippen LogP contribution in [-0.4, -0.2) is 12.6 Å². The molecule has 1 nitrogen and oxygen atoms in total. The van der Waals surface area contributed by atoms with Crippen molar-refractivity contribution >= 4 is 0 Å². The summed E-state index contributed by atoms with van der Waals surface area (Å²) in [5.74, 6) is 1.74. The molecule has 16 heavy (non-hydrogen) atoms. The number of aryl methyl sites for hydroxylation is 1. The zero-order valence-electron chi connectivity index (χ0n) is 10.1. The molecule has 0 bridgehead atoms. The van der Waals surface area contributed by atoms with Gasteiger partial charge in [0.25, 0.3) is 0 Å². The van der Waals surface area contributed by atoms with Crippen LogP contribution in [0.2, 0.25) is 0 Å². The molecule has 2 unspecified atom stereocenters. The molecule has 0 aliphatic heterocycles. The highest BCUT2D eigenvalue weighted by molar-refractivity contribution is 5.36. The smallest absolute Gasteiger partial charge is 0.0164 e. The summed E-state index contributed by atoms with van der Waals surface area (Å²) in [4.78, 5) is 0. The van der Waals surface area contributed by atoms with E-state index in [-0.39, 0.29) is 0 Å². The minimum atomic E-state index is 0.744. The zero-order chi connectivity index (χ0) is 11.0. The molecular weight excluding hydrogens is 194 g/mol. The van der Waals surface area contributed by atoms with Gasteiger partial charge in [0.2, 0.25) is 0 Å². The summed E-state index contributed by atoms with van der Waals surface area (Å²) in [6, 6.07) is 9.78. The van der Waals surface area contributed by atoms with E-state index in [1.165, 1.54) is 25.7 Å². The third-order valence-corrected chi connectivity index (χ3v) is 4.18. The lowest BCUT2D eigenvalue weighted by molar-refractivity contribution is 0.396. The van der Waals surface area contributed by atoms with Crippen molar-refractivity contribution in [2.45, 2.75) is 44.6 Å². The average molecular weight is 215 g/mol. The minimum absolute atomic E-state index is 0.744. The summed E-state index contributed by atoms with van der Waals surface area (Å²) in [6.07, 6.45) is 5.52. The predicted molar refractivity (Wildman–Crippen MR) is 67.7 cm³/mol. The molecule has 0 spiro atoms. The van der Waals surface area contributed by atoms with Gasteiger partial charge in [-0.05, 0) is 49.3 Å². The minimum Gasteiger partial charge on any atom is -0.313 e. The Morgan fingerprint density at radius 2 is 2.06 bits per heavy atom. The summed E-state index contributed by atoms with van der Waals surface area (Å²) >= 11 is 0. The predicted octanol–water partition coefficient (Wildman–Crippen LogP) is 3.10. The van der Waals surface area contributed by atoms with Gasteiger partial charge in [-0.2, -0.15) is 0 Å². The SMILES string of the molecule is CCNC(C1CC1)C1CCc2ccccc21. The van der Waals surface area contributed by atoms with Gasteiger partial charge >= 0.3 is 0 Å². The second-order valence-electron chi connectivity index (χ2n) is 5.26. The van der Waals surface area contributed by atoms with Crippen LogP contribution >= 0.6 is 0 Å². The van der Waals surface area contributed by atoms with E-state index in [0.717, 1.165) is 24.4 Å². The van der Waals surface area contributed by atoms with Crippen LogP contribution in [0.5, 0.6) is 0 Å². The Balaban J connectivity index is 1.84. The van der Waals surface area contributed by atoms with Gasteiger partial charge in [-0.25, -0.2) is 0 Å². The van der Waals surface area contributed by atoms with Crippen molar-refractivity contribution in [3.05, 3.63) is 35.4 Å². The maximum atomic E-state index is 3.73. The Bertz CT molecular complexity index is 367. The van der Waals surface area contributed by atoms with E-state index in [9.17, 15) is 0 Å². The fraction of sp³-hybridized carbons (Fsp3) is 0.600. The molecular formula is C15H21N. The van der Waals surface area contributed by atoms with Crippen LogP contribution in [0.4, 0.5) is 0 Å². The Morgan fingerprint density at radius 3 is 2.81 bits per heavy atom. The van der Waals surface area contributed by atoms with Gasteiger partial charge in [0.05, 0.1) is 0 Å². The maximum Gasteiger partial charge on any atom is 0.0164 e. The van der Waals surface area contributed by atoms with Gasteiger partial charge in [-0.1, -0.05) is 31.2 Å². The first kappa shape index (κ1) is 10.3. The third kappa shape index (κ3) is 1.78. The highest BCUT2D eigenvalue weighted by Crippen LogP contribution is 2.44. The summed E-state index contributed by atoms with van der Waals surface area (Å²) in [7, 11) is 0. The molecule has 1 aromatic rings. The Hall–Kier alpha value is -0.820. The molecule has 1 saturated carbocycles. The first-order valence-corrected chi connectivity index (χ1v) is 6.71. The van der Waals surface area contributed by atoms with Gasteiger partial charge in [0.15, 0.2) is 0 Å². The number of hydrogen-bond donors (Lipinski definition) is 1. The molecule has 1 heteroatoms. The van der Waals surface area contributed by atoms with Crippen LogP contribution in [0, 0.1) is 5.92 Å². The lowest BCUT2D eigenvalue weighted by Crippen LogP contribution is -2.35. The van der Waals surface area contributed by atoms with Gasteiger partial charge in [0, 0.05) is 12.0 Å². The molecule has 86 valence electrons. The van der Waals surface area contributed by atoms with E-state index >= 15 is 0 Å². The summed E-state index contributed by atoms with van der Waals surface area (Å²) in [6.45, 7) is 3.34. The van der Waals surface area contributed by atoms with Crippen molar-refractivity contribution in [3.8, 4) is 0 Å². The van der Waals surface area contributed by atoms with E-state index in [0.29, 0.717) is 0 Å². The molecule has 1 aromatic carbocycles. The largest absolute Gasteiger partial charge is 0.313 e. The topological polar surface area (TPSA) is 12.0 Å².